The molecule has 1 amide bonds. The molecule has 0 radical (unpaired) electrons. The number of aliphatic hydroxyl groups excluding tert-OH is 1. The van der Waals surface area contributed by atoms with Gasteiger partial charge in [-0.1, -0.05) is 50.6 Å². The molecule has 0 aromatic heterocycles. The number of aryl methyl sites for hydroxylation is 1. The van der Waals surface area contributed by atoms with Crippen molar-refractivity contribution in [3.8, 4) is 11.5 Å². The number of aromatic hydroxyl groups is 1. The minimum atomic E-state index is -0.938. The predicted molar refractivity (Wildman–Crippen MR) is 140 cm³/mol. The molecule has 0 aliphatic carbocycles. The molecular weight excluding hydrogens is 478 g/mol. The van der Waals surface area contributed by atoms with Gasteiger partial charge in [0.15, 0.2) is 0 Å². The summed E-state index contributed by atoms with van der Waals surface area (Å²) in [5.74, 6) is -0.989. The summed E-state index contributed by atoms with van der Waals surface area (Å²) < 4.78 is 5.71. The number of carbonyl (C=O) groups excluding carboxylic acids is 2. The third-order valence-corrected chi connectivity index (χ3v) is 6.37. The summed E-state index contributed by atoms with van der Waals surface area (Å²) in [4.78, 5) is 27.9. The highest BCUT2D eigenvalue weighted by atomic mass is 35.5. The summed E-state index contributed by atoms with van der Waals surface area (Å²) in [6, 6.07) is 17.6. The molecule has 0 bridgehead atoms. The van der Waals surface area contributed by atoms with Crippen LogP contribution in [0, 0.1) is 5.92 Å². The predicted octanol–water partition coefficient (Wildman–Crippen LogP) is 6.27. The maximum atomic E-state index is 13.3. The quantitative estimate of drug-likeness (QED) is 0.224. The number of phenolic OH excluding ortho intramolecular Hbond substituents is 1. The zero-order valence-electron chi connectivity index (χ0n) is 20.4. The molecule has 1 aliphatic rings. The molecule has 3 aromatic rings. The smallest absolute Gasteiger partial charge is 0.300 e. The fraction of sp³-hybridized carbons (Fsp3) is 0.241. The van der Waals surface area contributed by atoms with Gasteiger partial charge in [-0.15, -0.1) is 0 Å². The number of benzene rings is 3. The van der Waals surface area contributed by atoms with Gasteiger partial charge in [0.2, 0.25) is 0 Å². The van der Waals surface area contributed by atoms with Crippen LogP contribution in [0.25, 0.3) is 5.76 Å². The Morgan fingerprint density at radius 2 is 1.69 bits per heavy atom. The highest BCUT2D eigenvalue weighted by Gasteiger charge is 2.47. The van der Waals surface area contributed by atoms with Gasteiger partial charge in [-0.2, -0.15) is 0 Å². The van der Waals surface area contributed by atoms with Crippen LogP contribution in [0.1, 0.15) is 43.5 Å². The van der Waals surface area contributed by atoms with E-state index in [1.54, 1.807) is 42.5 Å². The van der Waals surface area contributed by atoms with Gasteiger partial charge in [0, 0.05) is 11.3 Å². The van der Waals surface area contributed by atoms with E-state index < -0.39 is 17.7 Å². The molecule has 1 saturated heterocycles. The first kappa shape index (κ1) is 25.3. The molecule has 2 N–H and O–H groups in total. The number of carbonyl (C=O) groups is 2. The molecule has 7 heteroatoms. The van der Waals surface area contributed by atoms with Gasteiger partial charge >= 0.3 is 0 Å². The number of aliphatic hydroxyl groups is 1. The van der Waals surface area contributed by atoms with E-state index >= 15 is 0 Å². The lowest BCUT2D eigenvalue weighted by Gasteiger charge is -2.26. The molecule has 36 heavy (non-hydrogen) atoms. The number of anilines is 1. The molecule has 1 fully saturated rings. The number of ether oxygens (including phenoxy) is 1. The van der Waals surface area contributed by atoms with Crippen LogP contribution in [-0.4, -0.2) is 28.5 Å². The van der Waals surface area contributed by atoms with E-state index in [9.17, 15) is 19.8 Å². The highest BCUT2D eigenvalue weighted by Crippen LogP contribution is 2.43. The number of rotatable bonds is 7. The van der Waals surface area contributed by atoms with Gasteiger partial charge < -0.3 is 14.9 Å². The summed E-state index contributed by atoms with van der Waals surface area (Å²) in [6.07, 6.45) is 0.826. The van der Waals surface area contributed by atoms with E-state index in [0.717, 1.165) is 12.0 Å². The summed E-state index contributed by atoms with van der Waals surface area (Å²) in [6.45, 7) is 6.67. The Kier molecular flexibility index (Phi) is 7.36. The zero-order valence-corrected chi connectivity index (χ0v) is 21.1. The maximum Gasteiger partial charge on any atom is 0.300 e. The highest BCUT2D eigenvalue weighted by molar-refractivity contribution is 6.51. The SMILES string of the molecule is CCc1ccc(N2C(=O)C(=O)/C(=C(\O)c3ccc(OCC(C)C)cc3)C2c2ccc(O)c(Cl)c2)cc1. The van der Waals surface area contributed by atoms with Crippen LogP contribution >= 0.6 is 11.6 Å². The summed E-state index contributed by atoms with van der Waals surface area (Å²) in [5.41, 5.74) is 2.40. The fourth-order valence-corrected chi connectivity index (χ4v) is 4.32. The van der Waals surface area contributed by atoms with Crippen LogP contribution in [0.15, 0.2) is 72.3 Å². The van der Waals surface area contributed by atoms with Crippen molar-refractivity contribution in [2.24, 2.45) is 5.92 Å². The number of hydrogen-bond acceptors (Lipinski definition) is 5. The van der Waals surface area contributed by atoms with Crippen molar-refractivity contribution in [1.29, 1.82) is 0 Å². The molecule has 0 spiro atoms. The molecule has 186 valence electrons. The second-order valence-electron chi connectivity index (χ2n) is 9.13. The van der Waals surface area contributed by atoms with Crippen molar-refractivity contribution < 1.29 is 24.5 Å². The first-order valence-corrected chi connectivity index (χ1v) is 12.2. The summed E-state index contributed by atoms with van der Waals surface area (Å²) in [7, 11) is 0. The average molecular weight is 506 g/mol. The number of nitrogens with zero attached hydrogens (tertiary/aromatic N) is 1. The first-order chi connectivity index (χ1) is 17.2. The lowest BCUT2D eigenvalue weighted by molar-refractivity contribution is -0.132. The zero-order chi connectivity index (χ0) is 26.0. The van der Waals surface area contributed by atoms with Crippen molar-refractivity contribution in [1.82, 2.24) is 0 Å². The second kappa shape index (κ2) is 10.5. The molecule has 6 nitrogen and oxygen atoms in total. The van der Waals surface area contributed by atoms with E-state index in [2.05, 4.69) is 0 Å². The maximum absolute atomic E-state index is 13.3. The number of phenols is 1. The van der Waals surface area contributed by atoms with Crippen LogP contribution in [0.5, 0.6) is 11.5 Å². The van der Waals surface area contributed by atoms with Gasteiger partial charge in [0.25, 0.3) is 11.7 Å². The van der Waals surface area contributed by atoms with Crippen LogP contribution in [-0.2, 0) is 16.0 Å². The standard InChI is InChI=1S/C29H28ClNO5/c1-4-18-5-10-21(11-6-18)31-26(20-9-14-24(32)23(30)15-20)25(28(34)29(31)35)27(33)19-7-12-22(13-8-19)36-16-17(2)3/h5-15,17,26,32-33H,4,16H2,1-3H3/b27-25-. The summed E-state index contributed by atoms with van der Waals surface area (Å²) >= 11 is 6.18. The second-order valence-corrected chi connectivity index (χ2v) is 9.54. The molecule has 0 saturated carbocycles. The van der Waals surface area contributed by atoms with E-state index in [0.29, 0.717) is 35.1 Å². The third-order valence-electron chi connectivity index (χ3n) is 6.07. The Hall–Kier alpha value is -3.77. The lowest BCUT2D eigenvalue weighted by Crippen LogP contribution is -2.29. The molecule has 1 heterocycles. The Bertz CT molecular complexity index is 1310. The monoisotopic (exact) mass is 505 g/mol. The van der Waals surface area contributed by atoms with Crippen LogP contribution in [0.3, 0.4) is 0 Å². The number of Topliss-reactive ketones (excluding diaryl/α,β-unsaturated/α-hetero) is 1. The molecule has 1 aliphatic heterocycles. The Morgan fingerprint density at radius 1 is 1.03 bits per heavy atom. The van der Waals surface area contributed by atoms with Gasteiger partial charge in [-0.25, -0.2) is 0 Å². The van der Waals surface area contributed by atoms with Gasteiger partial charge in [0.05, 0.1) is 23.2 Å². The fourth-order valence-electron chi connectivity index (χ4n) is 4.13. The number of halogens is 1. The van der Waals surface area contributed by atoms with Gasteiger partial charge in [0.1, 0.15) is 17.3 Å². The Morgan fingerprint density at radius 3 is 2.28 bits per heavy atom. The van der Waals surface area contributed by atoms with Crippen LogP contribution < -0.4 is 9.64 Å². The van der Waals surface area contributed by atoms with Crippen molar-refractivity contribution in [2.45, 2.75) is 33.2 Å². The van der Waals surface area contributed by atoms with E-state index in [-0.39, 0.29) is 22.1 Å². The van der Waals surface area contributed by atoms with Crippen molar-refractivity contribution in [3.05, 3.63) is 94.0 Å². The Labute approximate surface area is 215 Å². The minimum absolute atomic E-state index is 0.0582. The van der Waals surface area contributed by atoms with E-state index in [1.807, 2.05) is 32.9 Å². The van der Waals surface area contributed by atoms with Crippen LogP contribution in [0.2, 0.25) is 5.02 Å². The number of amides is 1. The average Bonchev–Trinajstić information content (AvgIpc) is 3.14. The van der Waals surface area contributed by atoms with Crippen LogP contribution in [0.4, 0.5) is 5.69 Å². The molecular formula is C29H28ClNO5. The number of ketones is 1. The van der Waals surface area contributed by atoms with Crippen molar-refractivity contribution >= 4 is 34.7 Å². The molecule has 1 unspecified atom stereocenters. The number of hydrogen-bond donors (Lipinski definition) is 2. The van der Waals surface area contributed by atoms with E-state index in [4.69, 9.17) is 16.3 Å². The summed E-state index contributed by atoms with van der Waals surface area (Å²) in [5, 5.41) is 21.3. The molecule has 1 atom stereocenters. The first-order valence-electron chi connectivity index (χ1n) is 11.8. The molecule has 4 rings (SSSR count). The largest absolute Gasteiger partial charge is 0.507 e. The van der Waals surface area contributed by atoms with Crippen molar-refractivity contribution in [2.75, 3.05) is 11.5 Å². The van der Waals surface area contributed by atoms with Gasteiger partial charge in [-0.05, 0) is 72.0 Å². The third kappa shape index (κ3) is 4.95. The van der Waals surface area contributed by atoms with E-state index in [1.165, 1.54) is 17.0 Å². The minimum Gasteiger partial charge on any atom is -0.507 e. The van der Waals surface area contributed by atoms with Gasteiger partial charge in [-0.3, -0.25) is 14.5 Å². The van der Waals surface area contributed by atoms with Crippen molar-refractivity contribution in [3.63, 3.8) is 0 Å². The topological polar surface area (TPSA) is 87.1 Å². The lowest BCUT2D eigenvalue weighted by atomic mass is 9.95. The normalized spacial score (nSPS) is 17.1. The Balaban J connectivity index is 1.83. The molecule has 3 aromatic carbocycles.